The Bertz CT molecular complexity index is 672. The molecule has 2 fully saturated rings. The molecule has 25 heavy (non-hydrogen) atoms. The quantitative estimate of drug-likeness (QED) is 0.749. The minimum atomic E-state index is -0.214. The molecule has 3 heterocycles. The fourth-order valence-electron chi connectivity index (χ4n) is 4.27. The van der Waals surface area contributed by atoms with E-state index in [-0.39, 0.29) is 24.2 Å². The first kappa shape index (κ1) is 17.9. The lowest BCUT2D eigenvalue weighted by atomic mass is 9.99. The molecule has 2 aliphatic rings. The normalized spacial score (nSPS) is 23.3. The van der Waals surface area contributed by atoms with Crippen molar-refractivity contribution in [2.75, 3.05) is 13.1 Å². The highest BCUT2D eigenvalue weighted by molar-refractivity contribution is 5.74. The van der Waals surface area contributed by atoms with E-state index >= 15 is 0 Å². The average Bonchev–Trinajstić information content (AvgIpc) is 3.03. The average molecular weight is 347 g/mol. The Hall–Kier alpha value is -1.89. The minimum absolute atomic E-state index is 0.186. The van der Waals surface area contributed by atoms with Crippen LogP contribution in [0, 0.1) is 0 Å². The number of aryl methyl sites for hydroxylation is 1. The van der Waals surface area contributed by atoms with E-state index < -0.39 is 0 Å². The number of hydrogen-bond donors (Lipinski definition) is 3. The maximum atomic E-state index is 12.3. The van der Waals surface area contributed by atoms with E-state index in [0.717, 1.165) is 50.0 Å². The number of fused-ring (bicyclic) bond motifs is 1. The van der Waals surface area contributed by atoms with Crippen LogP contribution in [0.15, 0.2) is 4.79 Å². The lowest BCUT2D eigenvalue weighted by Gasteiger charge is -2.32. The van der Waals surface area contributed by atoms with Crippen LogP contribution >= 0.6 is 0 Å². The van der Waals surface area contributed by atoms with Crippen molar-refractivity contribution < 1.29 is 4.79 Å². The molecule has 2 amide bonds. The Morgan fingerprint density at radius 3 is 2.80 bits per heavy atom. The first-order chi connectivity index (χ1) is 12.1. The molecule has 0 spiro atoms. The van der Waals surface area contributed by atoms with Gasteiger partial charge in [0.15, 0.2) is 0 Å². The van der Waals surface area contributed by atoms with Gasteiger partial charge in [-0.2, -0.15) is 5.10 Å². The van der Waals surface area contributed by atoms with Crippen LogP contribution in [0.4, 0.5) is 4.79 Å². The molecule has 3 rings (SSSR count). The van der Waals surface area contributed by atoms with E-state index in [0.29, 0.717) is 11.6 Å². The zero-order valence-electron chi connectivity index (χ0n) is 15.2. The molecule has 138 valence electrons. The van der Waals surface area contributed by atoms with Crippen molar-refractivity contribution in [1.82, 2.24) is 25.7 Å². The maximum absolute atomic E-state index is 12.3. The molecular weight excluding hydrogens is 318 g/mol. The van der Waals surface area contributed by atoms with Crippen LogP contribution in [-0.2, 0) is 19.4 Å². The lowest BCUT2D eigenvalue weighted by molar-refractivity contribution is 0.179. The number of hydrogen-bond acceptors (Lipinski definition) is 4. The summed E-state index contributed by atoms with van der Waals surface area (Å²) in [6.45, 7) is 6.48. The van der Waals surface area contributed by atoms with Crippen molar-refractivity contribution in [3.63, 3.8) is 0 Å². The molecule has 2 unspecified atom stereocenters. The molecule has 0 aromatic carbocycles. The number of amides is 2. The molecule has 1 aromatic heterocycles. The number of H-pyrrole nitrogens is 1. The molecule has 1 aromatic rings. The molecule has 7 heteroatoms. The summed E-state index contributed by atoms with van der Waals surface area (Å²) in [6.07, 6.45) is 6.17. The minimum Gasteiger partial charge on any atom is -0.334 e. The summed E-state index contributed by atoms with van der Waals surface area (Å²) in [5.41, 5.74) is 2.25. The van der Waals surface area contributed by atoms with E-state index in [4.69, 9.17) is 0 Å². The molecule has 0 bridgehead atoms. The maximum Gasteiger partial charge on any atom is 0.315 e. The van der Waals surface area contributed by atoms with Gasteiger partial charge < -0.3 is 10.6 Å². The van der Waals surface area contributed by atoms with Gasteiger partial charge in [0.2, 0.25) is 0 Å². The van der Waals surface area contributed by atoms with Gasteiger partial charge in [0.1, 0.15) is 0 Å². The van der Waals surface area contributed by atoms with Crippen molar-refractivity contribution in [2.45, 2.75) is 71.0 Å². The van der Waals surface area contributed by atoms with Crippen molar-refractivity contribution in [1.29, 1.82) is 0 Å². The Morgan fingerprint density at radius 1 is 1.20 bits per heavy atom. The third-order valence-corrected chi connectivity index (χ3v) is 5.57. The van der Waals surface area contributed by atoms with Gasteiger partial charge in [-0.15, -0.1) is 0 Å². The summed E-state index contributed by atoms with van der Waals surface area (Å²) in [7, 11) is 0. The second-order valence-corrected chi connectivity index (χ2v) is 6.98. The highest BCUT2D eigenvalue weighted by atomic mass is 16.2. The van der Waals surface area contributed by atoms with Gasteiger partial charge in [0, 0.05) is 24.2 Å². The Balaban J connectivity index is 1.60. The summed E-state index contributed by atoms with van der Waals surface area (Å²) in [5, 5.41) is 12.6. The lowest BCUT2D eigenvalue weighted by Crippen LogP contribution is -2.49. The number of nitrogens with one attached hydrogen (secondary N) is 3. The van der Waals surface area contributed by atoms with E-state index in [1.807, 2.05) is 13.8 Å². The van der Waals surface area contributed by atoms with Crippen molar-refractivity contribution in [3.8, 4) is 0 Å². The van der Waals surface area contributed by atoms with Crippen LogP contribution in [0.1, 0.15) is 56.4 Å². The van der Waals surface area contributed by atoms with Gasteiger partial charge in [-0.3, -0.25) is 9.69 Å². The molecule has 0 saturated carbocycles. The number of urea groups is 1. The van der Waals surface area contributed by atoms with Crippen LogP contribution in [0.3, 0.4) is 0 Å². The van der Waals surface area contributed by atoms with Crippen molar-refractivity contribution in [2.24, 2.45) is 0 Å². The molecule has 2 saturated heterocycles. The summed E-state index contributed by atoms with van der Waals surface area (Å²) in [4.78, 5) is 26.9. The third-order valence-electron chi connectivity index (χ3n) is 5.57. The van der Waals surface area contributed by atoms with E-state index in [1.165, 1.54) is 12.8 Å². The third kappa shape index (κ3) is 3.86. The zero-order chi connectivity index (χ0) is 17.8. The first-order valence-corrected chi connectivity index (χ1v) is 9.51. The van der Waals surface area contributed by atoms with Crippen LogP contribution in [-0.4, -0.2) is 46.3 Å². The zero-order valence-corrected chi connectivity index (χ0v) is 15.2. The monoisotopic (exact) mass is 347 g/mol. The van der Waals surface area contributed by atoms with Gasteiger partial charge >= 0.3 is 6.03 Å². The molecule has 2 aliphatic heterocycles. The smallest absolute Gasteiger partial charge is 0.315 e. The predicted octanol–water partition coefficient (Wildman–Crippen LogP) is 1.32. The highest BCUT2D eigenvalue weighted by Gasteiger charge is 2.36. The van der Waals surface area contributed by atoms with Crippen molar-refractivity contribution in [3.05, 3.63) is 27.2 Å². The molecule has 2 atom stereocenters. The number of piperidine rings is 1. The molecular formula is C18H29N5O2. The summed E-state index contributed by atoms with van der Waals surface area (Å²) < 4.78 is 0. The van der Waals surface area contributed by atoms with Gasteiger partial charge in [-0.25, -0.2) is 9.89 Å². The van der Waals surface area contributed by atoms with E-state index in [1.54, 1.807) is 0 Å². The standard InChI is InChI=1S/C18H29N5O2/c1-3-12-13(17(24)22-21-14(12)4-2)11-19-18(25)20-15-8-10-23-9-6-5-7-16(15)23/h15-16H,3-11H2,1-2H3,(H,22,24)(H2,19,20,25). The number of rotatable bonds is 5. The highest BCUT2D eigenvalue weighted by Crippen LogP contribution is 2.27. The first-order valence-electron chi connectivity index (χ1n) is 9.51. The topological polar surface area (TPSA) is 90.1 Å². The van der Waals surface area contributed by atoms with E-state index in [2.05, 4.69) is 25.7 Å². The second-order valence-electron chi connectivity index (χ2n) is 6.98. The summed E-state index contributed by atoms with van der Waals surface area (Å²) >= 11 is 0. The van der Waals surface area contributed by atoms with Gasteiger partial charge in [-0.1, -0.05) is 20.3 Å². The Labute approximate surface area is 148 Å². The van der Waals surface area contributed by atoms with Crippen LogP contribution in [0.25, 0.3) is 0 Å². The van der Waals surface area contributed by atoms with Crippen LogP contribution in [0.5, 0.6) is 0 Å². The van der Waals surface area contributed by atoms with Gasteiger partial charge in [0.05, 0.1) is 12.2 Å². The molecule has 0 aliphatic carbocycles. The fourth-order valence-corrected chi connectivity index (χ4v) is 4.27. The van der Waals surface area contributed by atoms with Gasteiger partial charge in [0.25, 0.3) is 5.56 Å². The number of nitrogens with zero attached hydrogens (tertiary/aromatic N) is 2. The van der Waals surface area contributed by atoms with E-state index in [9.17, 15) is 9.59 Å². The largest absolute Gasteiger partial charge is 0.334 e. The van der Waals surface area contributed by atoms with Crippen LogP contribution in [0.2, 0.25) is 0 Å². The molecule has 3 N–H and O–H groups in total. The Kier molecular flexibility index (Phi) is 5.73. The molecule has 7 nitrogen and oxygen atoms in total. The SMILES string of the molecule is CCc1n[nH]c(=O)c(CNC(=O)NC2CCN3CCCCC23)c1CC. The predicted molar refractivity (Wildman–Crippen MR) is 96.6 cm³/mol. The molecule has 0 radical (unpaired) electrons. The summed E-state index contributed by atoms with van der Waals surface area (Å²) in [5.74, 6) is 0. The number of carbonyl (C=O) groups excluding carboxylic acids is 1. The second kappa shape index (κ2) is 7.99. The number of aromatic nitrogens is 2. The number of aromatic amines is 1. The fraction of sp³-hybridized carbons (Fsp3) is 0.722. The van der Waals surface area contributed by atoms with Crippen molar-refractivity contribution >= 4 is 6.03 Å². The van der Waals surface area contributed by atoms with Gasteiger partial charge in [-0.05, 0) is 44.2 Å². The van der Waals surface area contributed by atoms with Crippen LogP contribution < -0.4 is 16.2 Å². The number of carbonyl (C=O) groups is 1. The Morgan fingerprint density at radius 2 is 2.04 bits per heavy atom. The summed E-state index contributed by atoms with van der Waals surface area (Å²) in [6, 6.07) is 0.503.